The average Bonchev–Trinajstić information content (AvgIpc) is 2.90. The van der Waals surface area contributed by atoms with Crippen LogP contribution in [0.2, 0.25) is 0 Å². The van der Waals surface area contributed by atoms with Crippen molar-refractivity contribution in [3.8, 4) is 5.75 Å². The first-order valence-corrected chi connectivity index (χ1v) is 7.14. The molecule has 0 amide bonds. The van der Waals surface area contributed by atoms with E-state index in [9.17, 15) is 0 Å². The van der Waals surface area contributed by atoms with Gasteiger partial charge in [-0.15, -0.1) is 0 Å². The largest absolute Gasteiger partial charge is 0.496 e. The van der Waals surface area contributed by atoms with Crippen molar-refractivity contribution in [3.63, 3.8) is 0 Å². The zero-order chi connectivity index (χ0) is 13.0. The molecule has 2 heteroatoms. The first-order chi connectivity index (χ1) is 8.76. The first kappa shape index (κ1) is 13.4. The SMILES string of the molecule is CCNC(c1ccc(C)cc1OC)C1CCCC1. The quantitative estimate of drug-likeness (QED) is 0.853. The van der Waals surface area contributed by atoms with Crippen LogP contribution in [0.25, 0.3) is 0 Å². The van der Waals surface area contributed by atoms with E-state index in [-0.39, 0.29) is 0 Å². The number of rotatable bonds is 5. The van der Waals surface area contributed by atoms with Crippen LogP contribution in [0.1, 0.15) is 49.8 Å². The van der Waals surface area contributed by atoms with Crippen molar-refractivity contribution in [1.29, 1.82) is 0 Å². The lowest BCUT2D eigenvalue weighted by Crippen LogP contribution is -2.27. The maximum atomic E-state index is 5.57. The number of benzene rings is 1. The van der Waals surface area contributed by atoms with E-state index in [0.717, 1.165) is 18.2 Å². The molecule has 1 aromatic rings. The highest BCUT2D eigenvalue weighted by Gasteiger charge is 2.27. The Morgan fingerprint density at radius 3 is 2.67 bits per heavy atom. The van der Waals surface area contributed by atoms with Gasteiger partial charge < -0.3 is 10.1 Å². The lowest BCUT2D eigenvalue weighted by Gasteiger charge is -2.26. The topological polar surface area (TPSA) is 21.3 Å². The molecule has 0 saturated heterocycles. The van der Waals surface area contributed by atoms with Crippen LogP contribution < -0.4 is 10.1 Å². The standard InChI is InChI=1S/C16H25NO/c1-4-17-16(13-7-5-6-8-13)14-10-9-12(2)11-15(14)18-3/h9-11,13,16-17H,4-8H2,1-3H3. The number of hydrogen-bond acceptors (Lipinski definition) is 2. The summed E-state index contributed by atoms with van der Waals surface area (Å²) in [6, 6.07) is 7.03. The minimum absolute atomic E-state index is 0.452. The van der Waals surface area contributed by atoms with Gasteiger partial charge in [0.15, 0.2) is 0 Å². The Kier molecular flexibility index (Phi) is 4.65. The summed E-state index contributed by atoms with van der Waals surface area (Å²) >= 11 is 0. The smallest absolute Gasteiger partial charge is 0.123 e. The molecule has 1 aliphatic rings. The fraction of sp³-hybridized carbons (Fsp3) is 0.625. The second kappa shape index (κ2) is 6.24. The van der Waals surface area contributed by atoms with E-state index >= 15 is 0 Å². The van der Waals surface area contributed by atoms with E-state index < -0.39 is 0 Å². The van der Waals surface area contributed by atoms with Crippen LogP contribution in [0, 0.1) is 12.8 Å². The summed E-state index contributed by atoms with van der Waals surface area (Å²) < 4.78 is 5.57. The van der Waals surface area contributed by atoms with Crippen molar-refractivity contribution in [2.45, 2.75) is 45.6 Å². The first-order valence-electron chi connectivity index (χ1n) is 7.14. The molecule has 2 rings (SSSR count). The second-order valence-corrected chi connectivity index (χ2v) is 5.33. The zero-order valence-electron chi connectivity index (χ0n) is 11.8. The molecule has 18 heavy (non-hydrogen) atoms. The van der Waals surface area contributed by atoms with E-state index in [4.69, 9.17) is 4.74 Å². The van der Waals surface area contributed by atoms with E-state index in [1.54, 1.807) is 7.11 Å². The molecule has 1 atom stereocenters. The third kappa shape index (κ3) is 2.86. The Balaban J connectivity index is 2.28. The summed E-state index contributed by atoms with van der Waals surface area (Å²) in [6.45, 7) is 5.31. The third-order valence-electron chi connectivity index (χ3n) is 4.02. The molecule has 1 saturated carbocycles. The predicted octanol–water partition coefficient (Wildman–Crippen LogP) is 3.84. The van der Waals surface area contributed by atoms with Crippen LogP contribution in [0.15, 0.2) is 18.2 Å². The van der Waals surface area contributed by atoms with Gasteiger partial charge in [0.25, 0.3) is 0 Å². The molecule has 0 spiro atoms. The van der Waals surface area contributed by atoms with Crippen LogP contribution in [0.5, 0.6) is 5.75 Å². The highest BCUT2D eigenvalue weighted by Crippen LogP contribution is 2.39. The highest BCUT2D eigenvalue weighted by atomic mass is 16.5. The average molecular weight is 247 g/mol. The van der Waals surface area contributed by atoms with Crippen molar-refractivity contribution < 1.29 is 4.74 Å². The molecule has 1 fully saturated rings. The van der Waals surface area contributed by atoms with Crippen molar-refractivity contribution in [1.82, 2.24) is 5.32 Å². The summed E-state index contributed by atoms with van der Waals surface area (Å²) in [7, 11) is 1.77. The molecule has 0 heterocycles. The Hall–Kier alpha value is -1.02. The molecule has 0 aliphatic heterocycles. The predicted molar refractivity (Wildman–Crippen MR) is 76.1 cm³/mol. The van der Waals surface area contributed by atoms with Crippen LogP contribution in [0.4, 0.5) is 0 Å². The number of hydrogen-bond donors (Lipinski definition) is 1. The normalized spacial score (nSPS) is 17.9. The minimum atomic E-state index is 0.452. The van der Waals surface area contributed by atoms with E-state index in [1.165, 1.54) is 36.8 Å². The number of nitrogens with one attached hydrogen (secondary N) is 1. The van der Waals surface area contributed by atoms with Crippen LogP contribution in [0.3, 0.4) is 0 Å². The molecule has 2 nitrogen and oxygen atoms in total. The van der Waals surface area contributed by atoms with Gasteiger partial charge in [-0.25, -0.2) is 0 Å². The Morgan fingerprint density at radius 2 is 2.06 bits per heavy atom. The summed E-state index contributed by atoms with van der Waals surface area (Å²) in [5.41, 5.74) is 2.59. The molecule has 0 bridgehead atoms. The Morgan fingerprint density at radius 1 is 1.33 bits per heavy atom. The molecule has 100 valence electrons. The summed E-state index contributed by atoms with van der Waals surface area (Å²) in [4.78, 5) is 0. The van der Waals surface area contributed by atoms with Crippen molar-refractivity contribution in [2.24, 2.45) is 5.92 Å². The van der Waals surface area contributed by atoms with Crippen molar-refractivity contribution >= 4 is 0 Å². The van der Waals surface area contributed by atoms with Crippen LogP contribution in [-0.4, -0.2) is 13.7 Å². The maximum Gasteiger partial charge on any atom is 0.123 e. The van der Waals surface area contributed by atoms with Gasteiger partial charge in [0, 0.05) is 11.6 Å². The monoisotopic (exact) mass is 247 g/mol. The molecule has 1 unspecified atom stereocenters. The lowest BCUT2D eigenvalue weighted by molar-refractivity contribution is 0.349. The Labute approximate surface area is 111 Å². The molecule has 1 aliphatic carbocycles. The molecular formula is C16H25NO. The molecule has 0 aromatic heterocycles. The molecule has 1 aromatic carbocycles. The van der Waals surface area contributed by atoms with E-state index in [2.05, 4.69) is 37.4 Å². The minimum Gasteiger partial charge on any atom is -0.496 e. The highest BCUT2D eigenvalue weighted by molar-refractivity contribution is 5.39. The number of methoxy groups -OCH3 is 1. The van der Waals surface area contributed by atoms with Crippen molar-refractivity contribution in [2.75, 3.05) is 13.7 Å². The molecule has 1 N–H and O–H groups in total. The van der Waals surface area contributed by atoms with Gasteiger partial charge in [-0.1, -0.05) is 31.9 Å². The van der Waals surface area contributed by atoms with Gasteiger partial charge >= 0.3 is 0 Å². The maximum absolute atomic E-state index is 5.57. The zero-order valence-corrected chi connectivity index (χ0v) is 11.8. The van der Waals surface area contributed by atoms with Gasteiger partial charge in [0.05, 0.1) is 7.11 Å². The van der Waals surface area contributed by atoms with Gasteiger partial charge in [-0.3, -0.25) is 0 Å². The second-order valence-electron chi connectivity index (χ2n) is 5.33. The summed E-state index contributed by atoms with van der Waals surface area (Å²) in [5.74, 6) is 1.80. The van der Waals surface area contributed by atoms with E-state index in [1.807, 2.05) is 0 Å². The lowest BCUT2D eigenvalue weighted by atomic mass is 9.90. The van der Waals surface area contributed by atoms with Gasteiger partial charge in [-0.2, -0.15) is 0 Å². The number of aryl methyl sites for hydroxylation is 1. The van der Waals surface area contributed by atoms with Crippen molar-refractivity contribution in [3.05, 3.63) is 29.3 Å². The molecule has 0 radical (unpaired) electrons. The van der Waals surface area contributed by atoms with Crippen LogP contribution in [-0.2, 0) is 0 Å². The van der Waals surface area contributed by atoms with E-state index in [0.29, 0.717) is 6.04 Å². The molecular weight excluding hydrogens is 222 g/mol. The Bertz CT molecular complexity index is 383. The van der Waals surface area contributed by atoms with Gasteiger partial charge in [0.2, 0.25) is 0 Å². The number of ether oxygens (including phenoxy) is 1. The van der Waals surface area contributed by atoms with Crippen LogP contribution >= 0.6 is 0 Å². The van der Waals surface area contributed by atoms with Gasteiger partial charge in [0.1, 0.15) is 5.75 Å². The third-order valence-corrected chi connectivity index (χ3v) is 4.02. The van der Waals surface area contributed by atoms with Gasteiger partial charge in [-0.05, 0) is 43.9 Å². The summed E-state index contributed by atoms with van der Waals surface area (Å²) in [6.07, 6.45) is 5.44. The summed E-state index contributed by atoms with van der Waals surface area (Å²) in [5, 5.41) is 3.66. The fourth-order valence-corrected chi connectivity index (χ4v) is 3.12. The fourth-order valence-electron chi connectivity index (χ4n) is 3.12.